The maximum atomic E-state index is 11.4. The van der Waals surface area contributed by atoms with E-state index in [1.54, 1.807) is 0 Å². The molecule has 0 radical (unpaired) electrons. The van der Waals surface area contributed by atoms with E-state index in [0.29, 0.717) is 19.4 Å². The Morgan fingerprint density at radius 2 is 1.83 bits per heavy atom. The molecular formula is C12H23N3O3. The zero-order valence-electron chi connectivity index (χ0n) is 11.0. The number of nitrogens with zero attached hydrogens (tertiary/aromatic N) is 2. The van der Waals surface area contributed by atoms with Crippen LogP contribution < -0.4 is 5.32 Å². The van der Waals surface area contributed by atoms with Crippen molar-refractivity contribution in [2.24, 2.45) is 0 Å². The van der Waals surface area contributed by atoms with Crippen LogP contribution in [0.3, 0.4) is 0 Å². The monoisotopic (exact) mass is 257 g/mol. The van der Waals surface area contributed by atoms with Gasteiger partial charge in [-0.3, -0.25) is 14.5 Å². The number of likely N-dealkylation sites (N-methyl/N-ethyl adjacent to an activating group) is 1. The first-order chi connectivity index (χ1) is 8.58. The predicted octanol–water partition coefficient (Wildman–Crippen LogP) is -0.395. The molecule has 6 nitrogen and oxygen atoms in total. The van der Waals surface area contributed by atoms with Crippen molar-refractivity contribution in [1.82, 2.24) is 15.1 Å². The standard InChI is InChI=1S/C12H23N3O3/c1-14-7-9-15(10-8-14)6-5-13-11(16)3-2-4-12(17)18/h2-10H2,1H3,(H,13,16)(H,17,18). The van der Waals surface area contributed by atoms with Crippen molar-refractivity contribution < 1.29 is 14.7 Å². The normalized spacial score (nSPS) is 17.6. The van der Waals surface area contributed by atoms with Crippen LogP contribution in [0.1, 0.15) is 19.3 Å². The second kappa shape index (κ2) is 8.05. The minimum absolute atomic E-state index is 0.0506. The Morgan fingerprint density at radius 1 is 1.17 bits per heavy atom. The lowest BCUT2D eigenvalue weighted by Gasteiger charge is -2.32. The maximum absolute atomic E-state index is 11.4. The number of rotatable bonds is 7. The number of hydrogen-bond acceptors (Lipinski definition) is 4. The molecule has 104 valence electrons. The topological polar surface area (TPSA) is 72.9 Å². The van der Waals surface area contributed by atoms with Gasteiger partial charge in [-0.15, -0.1) is 0 Å². The predicted molar refractivity (Wildman–Crippen MR) is 68.4 cm³/mol. The number of amides is 1. The van der Waals surface area contributed by atoms with E-state index >= 15 is 0 Å². The summed E-state index contributed by atoms with van der Waals surface area (Å²) in [5, 5.41) is 11.3. The Balaban J connectivity index is 2.00. The maximum Gasteiger partial charge on any atom is 0.303 e. The molecule has 0 aromatic heterocycles. The van der Waals surface area contributed by atoms with Crippen LogP contribution in [-0.2, 0) is 9.59 Å². The molecule has 1 aliphatic rings. The summed E-state index contributed by atoms with van der Waals surface area (Å²) in [6.45, 7) is 5.77. The highest BCUT2D eigenvalue weighted by Gasteiger charge is 2.13. The molecule has 0 bridgehead atoms. The van der Waals surface area contributed by atoms with Gasteiger partial charge in [-0.25, -0.2) is 0 Å². The van der Waals surface area contributed by atoms with Gasteiger partial charge in [-0.05, 0) is 13.5 Å². The van der Waals surface area contributed by atoms with Gasteiger partial charge in [0.05, 0.1) is 0 Å². The number of aliphatic carboxylic acids is 1. The van der Waals surface area contributed by atoms with E-state index in [1.807, 2.05) is 0 Å². The first-order valence-electron chi connectivity index (χ1n) is 6.47. The Morgan fingerprint density at radius 3 is 2.44 bits per heavy atom. The average molecular weight is 257 g/mol. The van der Waals surface area contributed by atoms with Crippen LogP contribution in [0.2, 0.25) is 0 Å². The molecule has 1 heterocycles. The van der Waals surface area contributed by atoms with Gasteiger partial charge in [-0.2, -0.15) is 0 Å². The molecule has 18 heavy (non-hydrogen) atoms. The highest BCUT2D eigenvalue weighted by Crippen LogP contribution is 1.98. The van der Waals surface area contributed by atoms with E-state index < -0.39 is 5.97 Å². The van der Waals surface area contributed by atoms with Crippen molar-refractivity contribution in [3.8, 4) is 0 Å². The summed E-state index contributed by atoms with van der Waals surface area (Å²) in [6, 6.07) is 0. The Labute approximate surface area is 108 Å². The second-order valence-electron chi connectivity index (χ2n) is 4.74. The van der Waals surface area contributed by atoms with Gasteiger partial charge < -0.3 is 15.3 Å². The highest BCUT2D eigenvalue weighted by molar-refractivity contribution is 5.76. The van der Waals surface area contributed by atoms with Gasteiger partial charge in [0.25, 0.3) is 0 Å². The number of carbonyl (C=O) groups is 2. The number of carbonyl (C=O) groups excluding carboxylic acids is 1. The zero-order valence-corrected chi connectivity index (χ0v) is 11.0. The van der Waals surface area contributed by atoms with Crippen molar-refractivity contribution in [2.75, 3.05) is 46.3 Å². The van der Waals surface area contributed by atoms with Crippen LogP contribution in [0.15, 0.2) is 0 Å². The highest BCUT2D eigenvalue weighted by atomic mass is 16.4. The van der Waals surface area contributed by atoms with Gasteiger partial charge in [0, 0.05) is 52.1 Å². The lowest BCUT2D eigenvalue weighted by atomic mass is 10.2. The molecule has 1 rings (SSSR count). The SMILES string of the molecule is CN1CCN(CCNC(=O)CCCC(=O)O)CC1. The summed E-state index contributed by atoms with van der Waals surface area (Å²) in [7, 11) is 2.11. The first kappa shape index (κ1) is 14.9. The third-order valence-corrected chi connectivity index (χ3v) is 3.14. The molecule has 0 aromatic rings. The summed E-state index contributed by atoms with van der Waals surface area (Å²) in [4.78, 5) is 26.3. The molecule has 1 aliphatic heterocycles. The average Bonchev–Trinajstić information content (AvgIpc) is 2.31. The summed E-state index contributed by atoms with van der Waals surface area (Å²) in [5.41, 5.74) is 0. The van der Waals surface area contributed by atoms with Crippen LogP contribution >= 0.6 is 0 Å². The lowest BCUT2D eigenvalue weighted by Crippen LogP contribution is -2.46. The molecule has 1 saturated heterocycles. The number of nitrogens with one attached hydrogen (secondary N) is 1. The van der Waals surface area contributed by atoms with Gasteiger partial charge in [0.15, 0.2) is 0 Å². The Hall–Kier alpha value is -1.14. The summed E-state index contributed by atoms with van der Waals surface area (Å²) >= 11 is 0. The number of hydrogen-bond donors (Lipinski definition) is 2. The fourth-order valence-corrected chi connectivity index (χ4v) is 1.91. The zero-order chi connectivity index (χ0) is 13.4. The minimum Gasteiger partial charge on any atom is -0.481 e. The van der Waals surface area contributed by atoms with Crippen LogP contribution in [-0.4, -0.2) is 73.1 Å². The van der Waals surface area contributed by atoms with E-state index in [9.17, 15) is 9.59 Å². The fourth-order valence-electron chi connectivity index (χ4n) is 1.91. The van der Waals surface area contributed by atoms with Crippen molar-refractivity contribution in [1.29, 1.82) is 0 Å². The van der Waals surface area contributed by atoms with Crippen molar-refractivity contribution in [3.63, 3.8) is 0 Å². The quantitative estimate of drug-likeness (QED) is 0.649. The second-order valence-corrected chi connectivity index (χ2v) is 4.74. The van der Waals surface area contributed by atoms with Crippen LogP contribution in [0.5, 0.6) is 0 Å². The van der Waals surface area contributed by atoms with Crippen molar-refractivity contribution in [2.45, 2.75) is 19.3 Å². The third-order valence-electron chi connectivity index (χ3n) is 3.14. The summed E-state index contributed by atoms with van der Waals surface area (Å²) in [5.74, 6) is -0.898. The Bertz CT molecular complexity index is 276. The molecule has 2 N–H and O–H groups in total. The number of carboxylic acids is 1. The summed E-state index contributed by atoms with van der Waals surface area (Å²) in [6.07, 6.45) is 0.774. The first-order valence-corrected chi connectivity index (χ1v) is 6.47. The molecule has 1 amide bonds. The molecule has 0 saturated carbocycles. The largest absolute Gasteiger partial charge is 0.481 e. The Kier molecular flexibility index (Phi) is 6.67. The lowest BCUT2D eigenvalue weighted by molar-refractivity contribution is -0.137. The number of piperazine rings is 1. The van der Waals surface area contributed by atoms with E-state index in [1.165, 1.54) is 0 Å². The molecule has 0 spiro atoms. The molecule has 0 aromatic carbocycles. The molecule has 6 heteroatoms. The molecule has 1 fully saturated rings. The van der Waals surface area contributed by atoms with Crippen LogP contribution in [0.25, 0.3) is 0 Å². The van der Waals surface area contributed by atoms with E-state index in [0.717, 1.165) is 32.7 Å². The molecular weight excluding hydrogens is 234 g/mol. The minimum atomic E-state index is -0.847. The smallest absolute Gasteiger partial charge is 0.303 e. The van der Waals surface area contributed by atoms with Gasteiger partial charge in [0.1, 0.15) is 0 Å². The molecule has 0 atom stereocenters. The van der Waals surface area contributed by atoms with Crippen molar-refractivity contribution in [3.05, 3.63) is 0 Å². The molecule has 0 unspecified atom stereocenters. The van der Waals surface area contributed by atoms with Gasteiger partial charge >= 0.3 is 5.97 Å². The number of carboxylic acid groups (broad SMARTS) is 1. The summed E-state index contributed by atoms with van der Waals surface area (Å²) < 4.78 is 0. The molecule has 0 aliphatic carbocycles. The van der Waals surface area contributed by atoms with E-state index in [2.05, 4.69) is 22.2 Å². The fraction of sp³-hybridized carbons (Fsp3) is 0.833. The van der Waals surface area contributed by atoms with Crippen LogP contribution in [0.4, 0.5) is 0 Å². The van der Waals surface area contributed by atoms with E-state index in [4.69, 9.17) is 5.11 Å². The van der Waals surface area contributed by atoms with Gasteiger partial charge in [-0.1, -0.05) is 0 Å². The van der Waals surface area contributed by atoms with Crippen molar-refractivity contribution >= 4 is 11.9 Å². The van der Waals surface area contributed by atoms with E-state index in [-0.39, 0.29) is 12.3 Å². The third kappa shape index (κ3) is 6.56. The van der Waals surface area contributed by atoms with Crippen LogP contribution in [0, 0.1) is 0 Å². The van der Waals surface area contributed by atoms with Gasteiger partial charge in [0.2, 0.25) is 5.91 Å².